The maximum Gasteiger partial charge on any atom is 0.315 e. The fourth-order valence-corrected chi connectivity index (χ4v) is 1.93. The van der Waals surface area contributed by atoms with Crippen LogP contribution in [0.5, 0.6) is 0 Å². The third kappa shape index (κ3) is 5.74. The number of hydrogen-bond donors (Lipinski definition) is 3. The average Bonchev–Trinajstić information content (AvgIpc) is 2.36. The molecule has 0 saturated heterocycles. The number of aryl methyl sites for hydroxylation is 1. The number of rotatable bonds is 6. The van der Waals surface area contributed by atoms with Crippen molar-refractivity contribution in [2.75, 3.05) is 6.54 Å². The first-order valence-corrected chi connectivity index (χ1v) is 6.77. The molecule has 0 radical (unpaired) electrons. The van der Waals surface area contributed by atoms with Crippen LogP contribution in [-0.4, -0.2) is 23.7 Å². The van der Waals surface area contributed by atoms with Gasteiger partial charge in [-0.15, -0.1) is 0 Å². The molecular weight excluding hydrogens is 312 g/mol. The van der Waals surface area contributed by atoms with Crippen LogP contribution in [0, 0.1) is 6.92 Å². The molecule has 0 aliphatic carbocycles. The number of hydrogen-bond acceptors (Lipinski definition) is 2. The second-order valence-corrected chi connectivity index (χ2v) is 4.95. The van der Waals surface area contributed by atoms with Crippen molar-refractivity contribution in [3.8, 4) is 0 Å². The standard InChI is InChI=1S/C13H17BrN2O3/c1-9-4-2-5-10(12(9)14)8-16-13(19)15-7-3-6-11(17)18/h2,4-5H,3,6-8H2,1H3,(H,17,18)(H2,15,16,19). The van der Waals surface area contributed by atoms with Crippen molar-refractivity contribution in [3.63, 3.8) is 0 Å². The number of carbonyl (C=O) groups is 2. The van der Waals surface area contributed by atoms with Crippen LogP contribution < -0.4 is 10.6 Å². The molecule has 1 aromatic carbocycles. The Kier molecular flexibility index (Phi) is 6.35. The Morgan fingerprint density at radius 1 is 1.32 bits per heavy atom. The number of urea groups is 1. The van der Waals surface area contributed by atoms with Crippen molar-refractivity contribution < 1.29 is 14.7 Å². The van der Waals surface area contributed by atoms with E-state index in [2.05, 4.69) is 26.6 Å². The van der Waals surface area contributed by atoms with E-state index in [9.17, 15) is 9.59 Å². The number of benzene rings is 1. The number of carboxylic acid groups (broad SMARTS) is 1. The average molecular weight is 329 g/mol. The Morgan fingerprint density at radius 2 is 2.05 bits per heavy atom. The molecule has 0 atom stereocenters. The molecule has 0 aliphatic rings. The molecule has 0 bridgehead atoms. The highest BCUT2D eigenvalue weighted by Crippen LogP contribution is 2.20. The van der Waals surface area contributed by atoms with Gasteiger partial charge >= 0.3 is 12.0 Å². The Bertz CT molecular complexity index is 463. The molecule has 6 heteroatoms. The highest BCUT2D eigenvalue weighted by atomic mass is 79.9. The summed E-state index contributed by atoms with van der Waals surface area (Å²) in [6.45, 7) is 2.76. The fraction of sp³-hybridized carbons (Fsp3) is 0.385. The van der Waals surface area contributed by atoms with E-state index < -0.39 is 5.97 Å². The van der Waals surface area contributed by atoms with Crippen molar-refractivity contribution in [1.82, 2.24) is 10.6 Å². The summed E-state index contributed by atoms with van der Waals surface area (Å²) in [6.07, 6.45) is 0.487. The summed E-state index contributed by atoms with van der Waals surface area (Å²) in [5, 5.41) is 13.8. The first-order valence-electron chi connectivity index (χ1n) is 5.98. The van der Waals surface area contributed by atoms with E-state index >= 15 is 0 Å². The first-order chi connectivity index (χ1) is 9.00. The summed E-state index contributed by atoms with van der Waals surface area (Å²) in [6, 6.07) is 5.56. The third-order valence-corrected chi connectivity index (χ3v) is 3.70. The van der Waals surface area contributed by atoms with Gasteiger partial charge in [0.05, 0.1) is 0 Å². The number of nitrogens with one attached hydrogen (secondary N) is 2. The molecule has 0 heterocycles. The van der Waals surface area contributed by atoms with E-state index in [0.717, 1.165) is 15.6 Å². The van der Waals surface area contributed by atoms with Gasteiger partial charge in [0.25, 0.3) is 0 Å². The molecule has 0 fully saturated rings. The van der Waals surface area contributed by atoms with Crippen LogP contribution in [0.25, 0.3) is 0 Å². The summed E-state index contributed by atoms with van der Waals surface area (Å²) >= 11 is 3.47. The zero-order chi connectivity index (χ0) is 14.3. The number of aliphatic carboxylic acids is 1. The predicted octanol–water partition coefficient (Wildman–Crippen LogP) is 2.42. The Hall–Kier alpha value is -1.56. The van der Waals surface area contributed by atoms with E-state index in [1.54, 1.807) is 0 Å². The molecule has 104 valence electrons. The van der Waals surface area contributed by atoms with Crippen LogP contribution in [-0.2, 0) is 11.3 Å². The predicted molar refractivity (Wildman–Crippen MR) is 76.0 cm³/mol. The van der Waals surface area contributed by atoms with E-state index in [4.69, 9.17) is 5.11 Å². The third-order valence-electron chi connectivity index (χ3n) is 2.56. The van der Waals surface area contributed by atoms with Crippen molar-refractivity contribution in [3.05, 3.63) is 33.8 Å². The smallest absolute Gasteiger partial charge is 0.315 e. The lowest BCUT2D eigenvalue weighted by atomic mass is 10.1. The Morgan fingerprint density at radius 3 is 2.74 bits per heavy atom. The van der Waals surface area contributed by atoms with Crippen LogP contribution in [0.3, 0.4) is 0 Å². The van der Waals surface area contributed by atoms with Crippen molar-refractivity contribution in [1.29, 1.82) is 0 Å². The molecule has 1 rings (SSSR count). The quantitative estimate of drug-likeness (QED) is 0.702. The normalized spacial score (nSPS) is 10.0. The maximum atomic E-state index is 11.5. The molecule has 0 aromatic heterocycles. The second kappa shape index (κ2) is 7.78. The van der Waals surface area contributed by atoms with E-state index in [-0.39, 0.29) is 12.5 Å². The SMILES string of the molecule is Cc1cccc(CNC(=O)NCCCC(=O)O)c1Br. The lowest BCUT2D eigenvalue weighted by molar-refractivity contribution is -0.137. The molecule has 0 unspecified atom stereocenters. The van der Waals surface area contributed by atoms with Crippen LogP contribution in [0.2, 0.25) is 0 Å². The molecule has 19 heavy (non-hydrogen) atoms. The molecule has 5 nitrogen and oxygen atoms in total. The van der Waals surface area contributed by atoms with Gasteiger partial charge in [0.1, 0.15) is 0 Å². The lowest BCUT2D eigenvalue weighted by Crippen LogP contribution is -2.35. The van der Waals surface area contributed by atoms with Gasteiger partial charge in [0.2, 0.25) is 0 Å². The highest BCUT2D eigenvalue weighted by Gasteiger charge is 2.05. The molecule has 0 saturated carbocycles. The fourth-order valence-electron chi connectivity index (χ4n) is 1.52. The van der Waals surface area contributed by atoms with Crippen molar-refractivity contribution >= 4 is 27.9 Å². The summed E-state index contributed by atoms with van der Waals surface area (Å²) in [5.74, 6) is -0.856. The zero-order valence-electron chi connectivity index (χ0n) is 10.7. The largest absolute Gasteiger partial charge is 0.481 e. The molecule has 3 N–H and O–H groups in total. The van der Waals surface area contributed by atoms with Gasteiger partial charge in [-0.1, -0.05) is 34.1 Å². The van der Waals surface area contributed by atoms with E-state index in [1.807, 2.05) is 25.1 Å². The van der Waals surface area contributed by atoms with E-state index in [1.165, 1.54) is 0 Å². The molecule has 2 amide bonds. The number of carboxylic acids is 1. The highest BCUT2D eigenvalue weighted by molar-refractivity contribution is 9.10. The molecule has 1 aromatic rings. The number of halogens is 1. The van der Waals surface area contributed by atoms with Crippen molar-refractivity contribution in [2.45, 2.75) is 26.3 Å². The molecule has 0 spiro atoms. The van der Waals surface area contributed by atoms with Gasteiger partial charge in [0.15, 0.2) is 0 Å². The minimum Gasteiger partial charge on any atom is -0.481 e. The molecule has 0 aliphatic heterocycles. The van der Waals surface area contributed by atoms with Gasteiger partial charge in [-0.2, -0.15) is 0 Å². The summed E-state index contributed by atoms with van der Waals surface area (Å²) in [7, 11) is 0. The topological polar surface area (TPSA) is 78.4 Å². The minimum atomic E-state index is -0.856. The van der Waals surface area contributed by atoms with Crippen LogP contribution in [0.15, 0.2) is 22.7 Å². The van der Waals surface area contributed by atoms with E-state index in [0.29, 0.717) is 19.5 Å². The summed E-state index contributed by atoms with van der Waals surface area (Å²) in [4.78, 5) is 21.8. The number of carbonyl (C=O) groups excluding carboxylic acids is 1. The zero-order valence-corrected chi connectivity index (χ0v) is 12.3. The van der Waals surface area contributed by atoms with Crippen molar-refractivity contribution in [2.24, 2.45) is 0 Å². The molecular formula is C13H17BrN2O3. The Labute approximate surface area is 120 Å². The van der Waals surface area contributed by atoms with Gasteiger partial charge < -0.3 is 15.7 Å². The lowest BCUT2D eigenvalue weighted by Gasteiger charge is -2.09. The summed E-state index contributed by atoms with van der Waals surface area (Å²) < 4.78 is 0.987. The van der Waals surface area contributed by atoms with Crippen LogP contribution >= 0.6 is 15.9 Å². The van der Waals surface area contributed by atoms with Gasteiger partial charge in [-0.05, 0) is 24.5 Å². The van der Waals surface area contributed by atoms with Gasteiger partial charge in [0, 0.05) is 24.0 Å². The second-order valence-electron chi connectivity index (χ2n) is 4.15. The monoisotopic (exact) mass is 328 g/mol. The summed E-state index contributed by atoms with van der Waals surface area (Å²) in [5.41, 5.74) is 2.11. The van der Waals surface area contributed by atoms with Crippen LogP contribution in [0.4, 0.5) is 4.79 Å². The minimum absolute atomic E-state index is 0.0592. The Balaban J connectivity index is 2.30. The van der Waals surface area contributed by atoms with Gasteiger partial charge in [-0.3, -0.25) is 4.79 Å². The van der Waals surface area contributed by atoms with Crippen LogP contribution in [0.1, 0.15) is 24.0 Å². The van der Waals surface area contributed by atoms with Gasteiger partial charge in [-0.25, -0.2) is 4.79 Å². The maximum absolute atomic E-state index is 11.5. The first kappa shape index (κ1) is 15.5. The number of amides is 2.